The summed E-state index contributed by atoms with van der Waals surface area (Å²) >= 11 is 5.53. The second-order valence-electron chi connectivity index (χ2n) is 9.19. The van der Waals surface area contributed by atoms with Gasteiger partial charge in [0, 0.05) is 5.88 Å². The van der Waals surface area contributed by atoms with E-state index in [0.717, 1.165) is 0 Å². The maximum Gasteiger partial charge on any atom is 0.0782 e. The molecule has 0 aromatic heterocycles. The highest BCUT2D eigenvalue weighted by Gasteiger charge is 2.09. The van der Waals surface area contributed by atoms with Crippen LogP contribution in [0, 0.1) is 0 Å². The number of hydrogen-bond donors (Lipinski definition) is 0. The van der Waals surface area contributed by atoms with Crippen LogP contribution in [-0.4, -0.2) is 31.7 Å². The Labute approximate surface area is 188 Å². The number of halogens is 1. The molecule has 2 heteroatoms. The van der Waals surface area contributed by atoms with Crippen LogP contribution in [0.3, 0.4) is 0 Å². The van der Waals surface area contributed by atoms with E-state index >= 15 is 0 Å². The van der Waals surface area contributed by atoms with Crippen LogP contribution in [0.5, 0.6) is 0 Å². The Morgan fingerprint density at radius 3 is 1.38 bits per heavy atom. The second kappa shape index (κ2) is 20.7. The normalized spacial score (nSPS) is 11.2. The average molecular weight is 425 g/mol. The van der Waals surface area contributed by atoms with Crippen molar-refractivity contribution in [2.24, 2.45) is 0 Å². The van der Waals surface area contributed by atoms with Gasteiger partial charge in [-0.3, -0.25) is 0 Å². The van der Waals surface area contributed by atoms with Gasteiger partial charge < -0.3 is 4.48 Å². The molecule has 0 N–H and O–H groups in total. The maximum atomic E-state index is 5.53. The van der Waals surface area contributed by atoms with Crippen molar-refractivity contribution >= 4 is 11.6 Å². The monoisotopic (exact) mass is 424 g/mol. The fourth-order valence-electron chi connectivity index (χ4n) is 3.46. The van der Waals surface area contributed by atoms with Crippen LogP contribution in [-0.2, 0) is 5.88 Å². The molecule has 0 bridgehead atoms. The van der Waals surface area contributed by atoms with Gasteiger partial charge in [0.15, 0.2) is 0 Å². The van der Waals surface area contributed by atoms with Gasteiger partial charge >= 0.3 is 0 Å². The van der Waals surface area contributed by atoms with Crippen LogP contribution in [0.4, 0.5) is 0 Å². The molecular weight excluding hydrogens is 374 g/mol. The highest BCUT2D eigenvalue weighted by Crippen LogP contribution is 2.13. The van der Waals surface area contributed by atoms with Crippen molar-refractivity contribution in [2.45, 2.75) is 110 Å². The van der Waals surface area contributed by atoms with Crippen molar-refractivity contribution in [2.75, 3.05) is 27.2 Å². The van der Waals surface area contributed by atoms with E-state index in [-0.39, 0.29) is 0 Å². The lowest BCUT2D eigenvalue weighted by Gasteiger charge is -2.28. The van der Waals surface area contributed by atoms with Gasteiger partial charge in [-0.1, -0.05) is 114 Å². The summed E-state index contributed by atoms with van der Waals surface area (Å²) in [4.78, 5) is 0. The fourth-order valence-corrected chi connectivity index (χ4v) is 3.64. The van der Waals surface area contributed by atoms with Crippen LogP contribution in [0.2, 0.25) is 0 Å². The van der Waals surface area contributed by atoms with E-state index in [0.29, 0.717) is 5.88 Å². The Kier molecular flexibility index (Phi) is 20.4. The van der Waals surface area contributed by atoms with Crippen LogP contribution >= 0.6 is 11.6 Å². The molecule has 0 amide bonds. The second-order valence-corrected chi connectivity index (χ2v) is 9.46. The highest BCUT2D eigenvalue weighted by atomic mass is 35.5. The number of nitrogens with zero attached hydrogens (tertiary/aromatic N) is 1. The van der Waals surface area contributed by atoms with E-state index in [1.54, 1.807) is 0 Å². The lowest BCUT2D eigenvalue weighted by Crippen LogP contribution is -2.39. The average Bonchev–Trinajstić information content (AvgIpc) is 2.75. The van der Waals surface area contributed by atoms with E-state index < -0.39 is 0 Å². The summed E-state index contributed by atoms with van der Waals surface area (Å²) in [5.74, 6) is 0.612. The molecule has 0 unspecified atom stereocenters. The summed E-state index contributed by atoms with van der Waals surface area (Å²) in [6.45, 7) is 7.21. The van der Waals surface area contributed by atoms with Crippen molar-refractivity contribution in [3.8, 4) is 0 Å². The Balaban J connectivity index is 0.000000807. The zero-order chi connectivity index (χ0) is 21.6. The van der Waals surface area contributed by atoms with Gasteiger partial charge in [-0.05, 0) is 25.3 Å². The summed E-state index contributed by atoms with van der Waals surface area (Å²) in [6, 6.07) is 9.96. The molecule has 0 aliphatic carbocycles. The summed E-state index contributed by atoms with van der Waals surface area (Å²) in [7, 11) is 4.70. The van der Waals surface area contributed by atoms with E-state index in [4.69, 9.17) is 11.6 Å². The van der Waals surface area contributed by atoms with Gasteiger partial charge in [0.25, 0.3) is 0 Å². The predicted molar refractivity (Wildman–Crippen MR) is 134 cm³/mol. The van der Waals surface area contributed by atoms with Crippen molar-refractivity contribution in [3.05, 3.63) is 35.9 Å². The quantitative estimate of drug-likeness (QED) is 0.133. The SMILES string of the molecule is CCCCCCCCCCCCCCCC[N+](C)(C)CC.ClCc1ccccc1. The van der Waals surface area contributed by atoms with Crippen LogP contribution < -0.4 is 0 Å². The largest absolute Gasteiger partial charge is 0.329 e. The molecule has 0 spiro atoms. The minimum atomic E-state index is 0.612. The molecule has 1 nitrogen and oxygen atoms in total. The maximum absolute atomic E-state index is 5.53. The van der Waals surface area contributed by atoms with Gasteiger partial charge in [-0.15, -0.1) is 11.6 Å². The number of benzene rings is 1. The molecule has 0 saturated carbocycles. The number of unbranched alkanes of at least 4 members (excludes halogenated alkanes) is 13. The molecule has 0 saturated heterocycles. The summed E-state index contributed by atoms with van der Waals surface area (Å²) in [6.07, 6.45) is 20.4. The lowest BCUT2D eigenvalue weighted by atomic mass is 10.0. The number of hydrogen-bond acceptors (Lipinski definition) is 0. The van der Waals surface area contributed by atoms with E-state index in [9.17, 15) is 0 Å². The first-order valence-electron chi connectivity index (χ1n) is 12.5. The third-order valence-corrected chi connectivity index (χ3v) is 6.28. The zero-order valence-electron chi connectivity index (χ0n) is 20.2. The summed E-state index contributed by atoms with van der Waals surface area (Å²) in [5.41, 5.74) is 1.18. The molecule has 170 valence electrons. The van der Waals surface area contributed by atoms with Crippen LogP contribution in [0.25, 0.3) is 0 Å². The molecule has 0 aliphatic rings. The van der Waals surface area contributed by atoms with Crippen molar-refractivity contribution in [1.82, 2.24) is 0 Å². The predicted octanol–water partition coefficient (Wildman–Crippen LogP) is 8.99. The van der Waals surface area contributed by atoms with Gasteiger partial charge in [0.2, 0.25) is 0 Å². The van der Waals surface area contributed by atoms with E-state index in [2.05, 4.69) is 27.9 Å². The minimum absolute atomic E-state index is 0.612. The molecule has 0 fully saturated rings. The van der Waals surface area contributed by atoms with E-state index in [1.807, 2.05) is 30.3 Å². The summed E-state index contributed by atoms with van der Waals surface area (Å²) in [5, 5.41) is 0. The standard InChI is InChI=1S/C20H44N.C7H7Cl/c1-5-7-8-9-10-11-12-13-14-15-16-17-18-19-20-21(3,4)6-2;8-6-7-4-2-1-3-5-7/h5-20H2,1-4H3;1-5H,6H2/q+1;. The first-order valence-corrected chi connectivity index (χ1v) is 13.0. The molecule has 1 aromatic carbocycles. The smallest absolute Gasteiger partial charge is 0.0782 e. The molecule has 0 aliphatic heterocycles. The minimum Gasteiger partial charge on any atom is -0.329 e. The Bertz CT molecular complexity index is 429. The summed E-state index contributed by atoms with van der Waals surface area (Å²) < 4.78 is 1.19. The van der Waals surface area contributed by atoms with Gasteiger partial charge in [0.05, 0.1) is 27.2 Å². The zero-order valence-corrected chi connectivity index (χ0v) is 21.0. The first kappa shape index (κ1) is 28.5. The van der Waals surface area contributed by atoms with Crippen molar-refractivity contribution < 1.29 is 4.48 Å². The van der Waals surface area contributed by atoms with Crippen molar-refractivity contribution in [1.29, 1.82) is 0 Å². The molecule has 29 heavy (non-hydrogen) atoms. The molecular formula is C27H51ClN+. The molecule has 0 heterocycles. The molecule has 0 atom stereocenters. The first-order chi connectivity index (χ1) is 14.1. The van der Waals surface area contributed by atoms with Crippen molar-refractivity contribution in [3.63, 3.8) is 0 Å². The van der Waals surface area contributed by atoms with E-state index in [1.165, 1.54) is 113 Å². The molecule has 0 radical (unpaired) electrons. The Morgan fingerprint density at radius 2 is 1.03 bits per heavy atom. The van der Waals surface area contributed by atoms with Crippen LogP contribution in [0.15, 0.2) is 30.3 Å². The molecule has 1 rings (SSSR count). The topological polar surface area (TPSA) is 0 Å². The Morgan fingerprint density at radius 1 is 0.621 bits per heavy atom. The van der Waals surface area contributed by atoms with Gasteiger partial charge in [-0.25, -0.2) is 0 Å². The third-order valence-electron chi connectivity index (χ3n) is 5.97. The highest BCUT2D eigenvalue weighted by molar-refractivity contribution is 6.17. The Hall–Kier alpha value is -0.530. The fraction of sp³-hybridized carbons (Fsp3) is 0.778. The van der Waals surface area contributed by atoms with Crippen LogP contribution in [0.1, 0.15) is 109 Å². The third kappa shape index (κ3) is 20.5. The number of quaternary nitrogens is 1. The number of alkyl halides is 1. The molecule has 1 aromatic rings. The van der Waals surface area contributed by atoms with Gasteiger partial charge in [0.1, 0.15) is 0 Å². The van der Waals surface area contributed by atoms with Gasteiger partial charge in [-0.2, -0.15) is 0 Å². The lowest BCUT2D eigenvalue weighted by molar-refractivity contribution is -0.888. The number of rotatable bonds is 17.